The van der Waals surface area contributed by atoms with Crippen LogP contribution in [-0.2, 0) is 0 Å². The SMILES string of the molecule is CC1NC(=O)c2ccc(N3CCNCC3)cc21. The molecule has 2 aliphatic heterocycles. The number of fused-ring (bicyclic) bond motifs is 1. The van der Waals surface area contributed by atoms with Gasteiger partial charge in [-0.1, -0.05) is 0 Å². The predicted molar refractivity (Wildman–Crippen MR) is 67.4 cm³/mol. The molecule has 1 aromatic rings. The maximum atomic E-state index is 11.6. The lowest BCUT2D eigenvalue weighted by atomic mass is 10.0. The highest BCUT2D eigenvalue weighted by molar-refractivity contribution is 5.99. The van der Waals surface area contributed by atoms with E-state index in [1.807, 2.05) is 13.0 Å². The molecule has 1 saturated heterocycles. The first-order valence-electron chi connectivity index (χ1n) is 6.16. The molecule has 1 amide bonds. The molecule has 4 heteroatoms. The van der Waals surface area contributed by atoms with E-state index in [2.05, 4.69) is 27.7 Å². The second-order valence-corrected chi connectivity index (χ2v) is 4.70. The van der Waals surface area contributed by atoms with E-state index in [1.165, 1.54) is 5.69 Å². The second kappa shape index (κ2) is 4.04. The van der Waals surface area contributed by atoms with Gasteiger partial charge in [0.25, 0.3) is 5.91 Å². The molecular weight excluding hydrogens is 214 g/mol. The Morgan fingerprint density at radius 1 is 1.29 bits per heavy atom. The molecule has 0 saturated carbocycles. The topological polar surface area (TPSA) is 44.4 Å². The fourth-order valence-electron chi connectivity index (χ4n) is 2.59. The average Bonchev–Trinajstić information content (AvgIpc) is 2.66. The minimum absolute atomic E-state index is 0.0550. The zero-order valence-electron chi connectivity index (χ0n) is 9.99. The van der Waals surface area contributed by atoms with Crippen molar-refractivity contribution in [3.63, 3.8) is 0 Å². The Labute approximate surface area is 101 Å². The Bertz CT molecular complexity index is 452. The molecule has 0 bridgehead atoms. The van der Waals surface area contributed by atoms with Crippen LogP contribution in [0.15, 0.2) is 18.2 Å². The summed E-state index contributed by atoms with van der Waals surface area (Å²) in [6.45, 7) is 6.17. The van der Waals surface area contributed by atoms with Crippen LogP contribution in [0.4, 0.5) is 5.69 Å². The van der Waals surface area contributed by atoms with Crippen molar-refractivity contribution in [3.05, 3.63) is 29.3 Å². The van der Waals surface area contributed by atoms with Crippen molar-refractivity contribution in [1.29, 1.82) is 0 Å². The fraction of sp³-hybridized carbons (Fsp3) is 0.462. The molecular formula is C13H17N3O. The van der Waals surface area contributed by atoms with Gasteiger partial charge in [-0.05, 0) is 30.7 Å². The van der Waals surface area contributed by atoms with Gasteiger partial charge in [0.1, 0.15) is 0 Å². The third kappa shape index (κ3) is 1.78. The Kier molecular flexibility index (Phi) is 2.52. The second-order valence-electron chi connectivity index (χ2n) is 4.70. The van der Waals surface area contributed by atoms with Crippen molar-refractivity contribution in [1.82, 2.24) is 10.6 Å². The van der Waals surface area contributed by atoms with Gasteiger partial charge in [0, 0.05) is 37.4 Å². The smallest absolute Gasteiger partial charge is 0.252 e. The first-order valence-corrected chi connectivity index (χ1v) is 6.16. The Balaban J connectivity index is 1.93. The maximum Gasteiger partial charge on any atom is 0.252 e. The molecule has 0 aliphatic carbocycles. The van der Waals surface area contributed by atoms with Gasteiger partial charge >= 0.3 is 0 Å². The van der Waals surface area contributed by atoms with Crippen LogP contribution in [0.25, 0.3) is 0 Å². The highest BCUT2D eigenvalue weighted by Crippen LogP contribution is 2.29. The van der Waals surface area contributed by atoms with Crippen molar-refractivity contribution >= 4 is 11.6 Å². The number of anilines is 1. The zero-order chi connectivity index (χ0) is 11.8. The van der Waals surface area contributed by atoms with E-state index in [0.717, 1.165) is 37.3 Å². The summed E-state index contributed by atoms with van der Waals surface area (Å²) in [5.41, 5.74) is 3.19. The largest absolute Gasteiger partial charge is 0.369 e. The number of nitrogens with zero attached hydrogens (tertiary/aromatic N) is 1. The van der Waals surface area contributed by atoms with Crippen LogP contribution >= 0.6 is 0 Å². The lowest BCUT2D eigenvalue weighted by molar-refractivity contribution is 0.0958. The van der Waals surface area contributed by atoms with E-state index in [-0.39, 0.29) is 11.9 Å². The standard InChI is InChI=1S/C13H17N3O/c1-9-12-8-10(16-6-4-14-5-7-16)2-3-11(12)13(17)15-9/h2-3,8-9,14H,4-7H2,1H3,(H,15,17). The predicted octanol–water partition coefficient (Wildman–Crippen LogP) is 0.901. The summed E-state index contributed by atoms with van der Waals surface area (Å²) in [5.74, 6) is 0.0550. The van der Waals surface area contributed by atoms with Gasteiger partial charge in [0.2, 0.25) is 0 Å². The summed E-state index contributed by atoms with van der Waals surface area (Å²) < 4.78 is 0. The number of nitrogens with one attached hydrogen (secondary N) is 2. The Hall–Kier alpha value is -1.55. The van der Waals surface area contributed by atoms with Crippen LogP contribution in [0.1, 0.15) is 28.9 Å². The van der Waals surface area contributed by atoms with E-state index in [4.69, 9.17) is 0 Å². The summed E-state index contributed by atoms with van der Waals surface area (Å²) in [6, 6.07) is 6.30. The van der Waals surface area contributed by atoms with Gasteiger partial charge in [-0.15, -0.1) is 0 Å². The molecule has 1 aromatic carbocycles. The van der Waals surface area contributed by atoms with Crippen LogP contribution in [0.5, 0.6) is 0 Å². The van der Waals surface area contributed by atoms with Gasteiger partial charge in [0.15, 0.2) is 0 Å². The third-order valence-electron chi connectivity index (χ3n) is 3.58. The van der Waals surface area contributed by atoms with E-state index < -0.39 is 0 Å². The molecule has 2 N–H and O–H groups in total. The monoisotopic (exact) mass is 231 g/mol. The van der Waals surface area contributed by atoms with Crippen molar-refractivity contribution in [3.8, 4) is 0 Å². The average molecular weight is 231 g/mol. The van der Waals surface area contributed by atoms with E-state index >= 15 is 0 Å². The number of amides is 1. The van der Waals surface area contributed by atoms with Crippen molar-refractivity contribution in [2.75, 3.05) is 31.1 Å². The Morgan fingerprint density at radius 3 is 2.82 bits per heavy atom. The zero-order valence-corrected chi connectivity index (χ0v) is 9.99. The molecule has 90 valence electrons. The highest BCUT2D eigenvalue weighted by atomic mass is 16.2. The Morgan fingerprint density at radius 2 is 2.06 bits per heavy atom. The first kappa shape index (κ1) is 10.6. The molecule has 2 aliphatic rings. The van der Waals surface area contributed by atoms with E-state index in [9.17, 15) is 4.79 Å². The number of piperazine rings is 1. The van der Waals surface area contributed by atoms with Crippen molar-refractivity contribution in [2.45, 2.75) is 13.0 Å². The molecule has 3 rings (SSSR count). The van der Waals surface area contributed by atoms with E-state index in [0.29, 0.717) is 0 Å². The molecule has 1 fully saturated rings. The molecule has 4 nitrogen and oxygen atoms in total. The first-order chi connectivity index (χ1) is 8.25. The number of hydrogen-bond donors (Lipinski definition) is 2. The third-order valence-corrected chi connectivity index (χ3v) is 3.58. The minimum Gasteiger partial charge on any atom is -0.369 e. The van der Waals surface area contributed by atoms with Crippen LogP contribution < -0.4 is 15.5 Å². The van der Waals surface area contributed by atoms with Gasteiger partial charge < -0.3 is 15.5 Å². The normalized spacial score (nSPS) is 23.5. The quantitative estimate of drug-likeness (QED) is 0.755. The molecule has 0 aromatic heterocycles. The number of benzene rings is 1. The van der Waals surface area contributed by atoms with Gasteiger partial charge in [-0.25, -0.2) is 0 Å². The van der Waals surface area contributed by atoms with Crippen LogP contribution in [0.2, 0.25) is 0 Å². The van der Waals surface area contributed by atoms with Crippen molar-refractivity contribution in [2.24, 2.45) is 0 Å². The summed E-state index contributed by atoms with van der Waals surface area (Å²) >= 11 is 0. The molecule has 17 heavy (non-hydrogen) atoms. The molecule has 2 heterocycles. The van der Waals surface area contributed by atoms with Gasteiger partial charge in [-0.2, -0.15) is 0 Å². The molecule has 1 atom stereocenters. The van der Waals surface area contributed by atoms with Crippen molar-refractivity contribution < 1.29 is 4.79 Å². The fourth-order valence-corrected chi connectivity index (χ4v) is 2.59. The maximum absolute atomic E-state index is 11.6. The van der Waals surface area contributed by atoms with Crippen LogP contribution in [-0.4, -0.2) is 32.1 Å². The molecule has 0 spiro atoms. The number of rotatable bonds is 1. The summed E-state index contributed by atoms with van der Waals surface area (Å²) in [6.07, 6.45) is 0. The molecule has 0 radical (unpaired) electrons. The minimum atomic E-state index is 0.0550. The molecule has 1 unspecified atom stereocenters. The van der Waals surface area contributed by atoms with Gasteiger partial charge in [-0.3, -0.25) is 4.79 Å². The summed E-state index contributed by atoms with van der Waals surface area (Å²) in [5, 5.41) is 6.29. The lowest BCUT2D eigenvalue weighted by Gasteiger charge is -2.29. The van der Waals surface area contributed by atoms with Gasteiger partial charge in [0.05, 0.1) is 6.04 Å². The lowest BCUT2D eigenvalue weighted by Crippen LogP contribution is -2.43. The van der Waals surface area contributed by atoms with Crippen LogP contribution in [0, 0.1) is 0 Å². The van der Waals surface area contributed by atoms with E-state index in [1.54, 1.807) is 0 Å². The number of carbonyl (C=O) groups is 1. The van der Waals surface area contributed by atoms with Crippen LogP contribution in [0.3, 0.4) is 0 Å². The number of hydrogen-bond acceptors (Lipinski definition) is 3. The number of carbonyl (C=O) groups excluding carboxylic acids is 1. The highest BCUT2D eigenvalue weighted by Gasteiger charge is 2.26. The summed E-state index contributed by atoms with van der Waals surface area (Å²) in [7, 11) is 0. The summed E-state index contributed by atoms with van der Waals surface area (Å²) in [4.78, 5) is 14.0.